The molecule has 0 heterocycles. The van der Waals surface area contributed by atoms with Gasteiger partial charge in [0.15, 0.2) is 6.10 Å². The number of alkyl halides is 2. The summed E-state index contributed by atoms with van der Waals surface area (Å²) in [7, 11) is 0. The number of halogens is 2. The Hall–Kier alpha value is -2.44. The average molecular weight is 381 g/mol. The molecule has 1 amide bonds. The largest absolute Gasteiger partial charge is 0.449 e. The van der Waals surface area contributed by atoms with Gasteiger partial charge >= 0.3 is 12.6 Å². The Balaban J connectivity index is 1.81. The van der Waals surface area contributed by atoms with Crippen molar-refractivity contribution in [3.8, 4) is 5.75 Å². The number of nitrogens with one attached hydrogen (secondary N) is 1. The zero-order valence-corrected chi connectivity index (χ0v) is 15.5. The summed E-state index contributed by atoms with van der Waals surface area (Å²) in [6, 6.07) is 5.93. The fourth-order valence-corrected chi connectivity index (χ4v) is 3.02. The van der Waals surface area contributed by atoms with E-state index in [4.69, 9.17) is 4.74 Å². The molecule has 1 N–H and O–H groups in total. The molecule has 2 rings (SSSR count). The van der Waals surface area contributed by atoms with Crippen LogP contribution in [-0.4, -0.2) is 30.6 Å². The molecular weight excluding hydrogens is 356 g/mol. The van der Waals surface area contributed by atoms with Crippen molar-refractivity contribution < 1.29 is 27.8 Å². The van der Waals surface area contributed by atoms with Gasteiger partial charge in [-0.3, -0.25) is 4.79 Å². The highest BCUT2D eigenvalue weighted by molar-refractivity contribution is 5.90. The summed E-state index contributed by atoms with van der Waals surface area (Å²) >= 11 is 0. The second-order valence-electron chi connectivity index (χ2n) is 6.74. The maximum atomic E-state index is 12.2. The Morgan fingerprint density at radius 1 is 1.19 bits per heavy atom. The first kappa shape index (κ1) is 20.9. The lowest BCUT2D eigenvalue weighted by molar-refractivity contribution is -0.150. The number of hydrogen-bond donors (Lipinski definition) is 1. The Bertz CT molecular complexity index is 660. The first-order valence-electron chi connectivity index (χ1n) is 9.09. The summed E-state index contributed by atoms with van der Waals surface area (Å²) in [5, 5.41) is 2.95. The van der Waals surface area contributed by atoms with E-state index in [9.17, 15) is 18.4 Å². The van der Waals surface area contributed by atoms with Crippen molar-refractivity contribution in [2.45, 2.75) is 58.3 Å². The molecule has 0 aromatic heterocycles. The van der Waals surface area contributed by atoms with Crippen LogP contribution in [0.4, 0.5) is 8.78 Å². The molecule has 3 atom stereocenters. The Morgan fingerprint density at radius 3 is 2.48 bits per heavy atom. The van der Waals surface area contributed by atoms with E-state index < -0.39 is 18.7 Å². The summed E-state index contributed by atoms with van der Waals surface area (Å²) in [5.74, 6) is -0.499. The number of hydrogen-bond acceptors (Lipinski definition) is 4. The molecule has 1 aromatic rings. The fourth-order valence-electron chi connectivity index (χ4n) is 3.02. The monoisotopic (exact) mass is 381 g/mol. The van der Waals surface area contributed by atoms with Gasteiger partial charge in [0, 0.05) is 12.1 Å². The third-order valence-corrected chi connectivity index (χ3v) is 4.62. The van der Waals surface area contributed by atoms with Crippen LogP contribution in [-0.2, 0) is 14.3 Å². The maximum absolute atomic E-state index is 12.2. The smallest absolute Gasteiger partial charge is 0.387 e. The van der Waals surface area contributed by atoms with Gasteiger partial charge in [0.25, 0.3) is 5.91 Å². The summed E-state index contributed by atoms with van der Waals surface area (Å²) in [5.41, 5.74) is 0.613. The number of carbonyl (C=O) groups is 2. The SMILES string of the molecule is C[C@@H](OC(=O)/C=C/c1ccc(OC(F)F)cc1)C(=O)N[C@@H]1CCCC[C@@H]1C. The molecule has 1 aliphatic carbocycles. The number of amides is 1. The fraction of sp³-hybridized carbons (Fsp3) is 0.500. The number of ether oxygens (including phenoxy) is 2. The van der Waals surface area contributed by atoms with E-state index in [2.05, 4.69) is 17.0 Å². The molecule has 1 fully saturated rings. The predicted octanol–water partition coefficient (Wildman–Crippen LogP) is 3.93. The first-order chi connectivity index (χ1) is 12.8. The number of carbonyl (C=O) groups excluding carboxylic acids is 2. The molecule has 0 radical (unpaired) electrons. The van der Waals surface area contributed by atoms with Gasteiger partial charge in [0.2, 0.25) is 0 Å². The summed E-state index contributed by atoms with van der Waals surface area (Å²) < 4.78 is 33.6. The van der Waals surface area contributed by atoms with Crippen molar-refractivity contribution in [3.05, 3.63) is 35.9 Å². The van der Waals surface area contributed by atoms with Crippen LogP contribution in [0.5, 0.6) is 5.75 Å². The molecule has 148 valence electrons. The van der Waals surface area contributed by atoms with Crippen LogP contribution >= 0.6 is 0 Å². The van der Waals surface area contributed by atoms with Crippen molar-refractivity contribution in [2.75, 3.05) is 0 Å². The van der Waals surface area contributed by atoms with Gasteiger partial charge in [-0.05, 0) is 49.5 Å². The van der Waals surface area contributed by atoms with Crippen molar-refractivity contribution in [2.24, 2.45) is 5.92 Å². The summed E-state index contributed by atoms with van der Waals surface area (Å²) in [6.45, 7) is 0.761. The number of esters is 1. The number of benzene rings is 1. The first-order valence-corrected chi connectivity index (χ1v) is 9.09. The molecule has 27 heavy (non-hydrogen) atoms. The molecule has 0 bridgehead atoms. The summed E-state index contributed by atoms with van der Waals surface area (Å²) in [6.07, 6.45) is 6.07. The van der Waals surface area contributed by atoms with Crippen LogP contribution in [0.1, 0.15) is 45.1 Å². The highest BCUT2D eigenvalue weighted by atomic mass is 19.3. The van der Waals surface area contributed by atoms with Gasteiger partial charge in [-0.1, -0.05) is 31.9 Å². The average Bonchev–Trinajstić information content (AvgIpc) is 2.62. The van der Waals surface area contributed by atoms with Crippen molar-refractivity contribution in [3.63, 3.8) is 0 Å². The Kier molecular flexibility index (Phi) is 7.76. The van der Waals surface area contributed by atoms with E-state index in [1.165, 1.54) is 49.8 Å². The van der Waals surface area contributed by atoms with Crippen molar-refractivity contribution >= 4 is 18.0 Å². The van der Waals surface area contributed by atoms with Gasteiger partial charge in [-0.25, -0.2) is 4.79 Å². The zero-order valence-electron chi connectivity index (χ0n) is 15.5. The second kappa shape index (κ2) is 10.0. The van der Waals surface area contributed by atoms with Crippen LogP contribution in [0, 0.1) is 5.92 Å². The van der Waals surface area contributed by atoms with Gasteiger partial charge in [-0.15, -0.1) is 0 Å². The second-order valence-corrected chi connectivity index (χ2v) is 6.74. The molecule has 5 nitrogen and oxygen atoms in total. The minimum Gasteiger partial charge on any atom is -0.449 e. The van der Waals surface area contributed by atoms with Crippen molar-refractivity contribution in [1.29, 1.82) is 0 Å². The van der Waals surface area contributed by atoms with Crippen LogP contribution in [0.2, 0.25) is 0 Å². The third-order valence-electron chi connectivity index (χ3n) is 4.62. The Labute approximate surface area is 157 Å². The van der Waals surface area contributed by atoms with E-state index in [0.717, 1.165) is 19.3 Å². The van der Waals surface area contributed by atoms with Gasteiger partial charge < -0.3 is 14.8 Å². The van der Waals surface area contributed by atoms with E-state index in [1.54, 1.807) is 0 Å². The van der Waals surface area contributed by atoms with Crippen LogP contribution in [0.15, 0.2) is 30.3 Å². The molecular formula is C20H25F2NO4. The minimum atomic E-state index is -2.88. The van der Waals surface area contributed by atoms with Gasteiger partial charge in [-0.2, -0.15) is 8.78 Å². The van der Waals surface area contributed by atoms with Crippen LogP contribution in [0.3, 0.4) is 0 Å². The molecule has 7 heteroatoms. The van der Waals surface area contributed by atoms with E-state index in [-0.39, 0.29) is 17.7 Å². The standard InChI is InChI=1S/C20H25F2NO4/c1-13-5-3-4-6-17(13)23-19(25)14(2)26-18(24)12-9-15-7-10-16(11-8-15)27-20(21)22/h7-14,17,20H,3-6H2,1-2H3,(H,23,25)/b12-9+/t13-,14+,17+/m0/s1. The Morgan fingerprint density at radius 2 is 1.85 bits per heavy atom. The molecule has 0 unspecified atom stereocenters. The van der Waals surface area contributed by atoms with Crippen LogP contribution < -0.4 is 10.1 Å². The zero-order chi connectivity index (χ0) is 19.8. The lowest BCUT2D eigenvalue weighted by Crippen LogP contribution is -2.45. The van der Waals surface area contributed by atoms with E-state index in [1.807, 2.05) is 0 Å². The highest BCUT2D eigenvalue weighted by Crippen LogP contribution is 2.23. The van der Waals surface area contributed by atoms with Gasteiger partial charge in [0.1, 0.15) is 5.75 Å². The minimum absolute atomic E-state index is 0.0342. The number of rotatable bonds is 7. The van der Waals surface area contributed by atoms with E-state index >= 15 is 0 Å². The van der Waals surface area contributed by atoms with Crippen molar-refractivity contribution in [1.82, 2.24) is 5.32 Å². The third kappa shape index (κ3) is 7.00. The lowest BCUT2D eigenvalue weighted by atomic mass is 9.86. The molecule has 0 saturated heterocycles. The quantitative estimate of drug-likeness (QED) is 0.574. The van der Waals surface area contributed by atoms with E-state index in [0.29, 0.717) is 11.5 Å². The molecule has 1 aliphatic rings. The molecule has 1 aromatic carbocycles. The predicted molar refractivity (Wildman–Crippen MR) is 97.2 cm³/mol. The molecule has 1 saturated carbocycles. The highest BCUT2D eigenvalue weighted by Gasteiger charge is 2.25. The summed E-state index contributed by atoms with van der Waals surface area (Å²) in [4.78, 5) is 24.1. The van der Waals surface area contributed by atoms with Gasteiger partial charge in [0.05, 0.1) is 0 Å². The molecule has 0 spiro atoms. The van der Waals surface area contributed by atoms with Crippen LogP contribution in [0.25, 0.3) is 6.08 Å². The topological polar surface area (TPSA) is 64.6 Å². The maximum Gasteiger partial charge on any atom is 0.387 e. The molecule has 0 aliphatic heterocycles. The lowest BCUT2D eigenvalue weighted by Gasteiger charge is -2.30. The normalized spacial score (nSPS) is 21.1.